The van der Waals surface area contributed by atoms with Crippen LogP contribution in [0.15, 0.2) is 11.1 Å². The average molecular weight is 250 g/mol. The quantitative estimate of drug-likeness (QED) is 0.763. The highest BCUT2D eigenvalue weighted by atomic mass is 16.2. The minimum atomic E-state index is 0.167. The van der Waals surface area contributed by atoms with Gasteiger partial charge in [0.2, 0.25) is 5.91 Å². The molecule has 1 aliphatic carbocycles. The fourth-order valence-electron chi connectivity index (χ4n) is 3.39. The lowest BCUT2D eigenvalue weighted by atomic mass is 9.72. The number of hydrogen-bond donors (Lipinski definition) is 1. The third kappa shape index (κ3) is 2.94. The molecule has 1 heterocycles. The van der Waals surface area contributed by atoms with E-state index in [1.807, 2.05) is 0 Å². The van der Waals surface area contributed by atoms with Gasteiger partial charge in [-0.25, -0.2) is 0 Å². The van der Waals surface area contributed by atoms with Gasteiger partial charge in [0, 0.05) is 19.1 Å². The fraction of sp³-hybridized carbons (Fsp3) is 0.800. The molecule has 1 N–H and O–H groups in total. The van der Waals surface area contributed by atoms with E-state index in [-0.39, 0.29) is 11.9 Å². The number of rotatable bonds is 2. The third-order valence-electron chi connectivity index (χ3n) is 4.37. The highest BCUT2D eigenvalue weighted by molar-refractivity contribution is 5.79. The second kappa shape index (κ2) is 5.04. The summed E-state index contributed by atoms with van der Waals surface area (Å²) in [6, 6.07) is 0.277. The Bertz CT molecular complexity index is 371. The van der Waals surface area contributed by atoms with E-state index in [1.54, 1.807) is 11.1 Å². The van der Waals surface area contributed by atoms with Gasteiger partial charge in [-0.1, -0.05) is 25.0 Å². The molecule has 0 saturated carbocycles. The van der Waals surface area contributed by atoms with Gasteiger partial charge in [0.15, 0.2) is 0 Å². The fourth-order valence-corrected chi connectivity index (χ4v) is 3.39. The van der Waals surface area contributed by atoms with Crippen molar-refractivity contribution in [1.82, 2.24) is 10.2 Å². The van der Waals surface area contributed by atoms with Gasteiger partial charge in [0.1, 0.15) is 0 Å². The molecule has 1 amide bonds. The first-order valence-electron chi connectivity index (χ1n) is 7.09. The topological polar surface area (TPSA) is 32.3 Å². The normalized spacial score (nSPS) is 29.3. The lowest BCUT2D eigenvalue weighted by Gasteiger charge is -2.39. The molecule has 2 aliphatic rings. The van der Waals surface area contributed by atoms with Crippen LogP contribution in [0.1, 0.15) is 47.0 Å². The van der Waals surface area contributed by atoms with E-state index in [0.29, 0.717) is 12.0 Å². The van der Waals surface area contributed by atoms with Crippen molar-refractivity contribution in [2.75, 3.05) is 19.6 Å². The molecule has 0 bridgehead atoms. The Kier molecular flexibility index (Phi) is 3.81. The smallest absolute Gasteiger partial charge is 0.234 e. The zero-order chi connectivity index (χ0) is 13.3. The minimum absolute atomic E-state index is 0.167. The molecule has 102 valence electrons. The van der Waals surface area contributed by atoms with Crippen LogP contribution in [0.2, 0.25) is 0 Å². The monoisotopic (exact) mass is 250 g/mol. The molecule has 3 nitrogen and oxygen atoms in total. The molecule has 1 fully saturated rings. The lowest BCUT2D eigenvalue weighted by molar-refractivity contribution is -0.125. The number of piperazine rings is 1. The van der Waals surface area contributed by atoms with Crippen LogP contribution in [0, 0.1) is 5.41 Å². The minimum Gasteiger partial charge on any atom is -0.351 e. The van der Waals surface area contributed by atoms with E-state index in [2.05, 4.69) is 37.9 Å². The van der Waals surface area contributed by atoms with Crippen LogP contribution >= 0.6 is 0 Å². The summed E-state index contributed by atoms with van der Waals surface area (Å²) < 4.78 is 0. The van der Waals surface area contributed by atoms with E-state index in [1.165, 1.54) is 19.3 Å². The number of nitrogens with zero attached hydrogens (tertiary/aromatic N) is 1. The van der Waals surface area contributed by atoms with Crippen LogP contribution in [-0.2, 0) is 4.79 Å². The van der Waals surface area contributed by atoms with E-state index in [9.17, 15) is 4.79 Å². The molecule has 18 heavy (non-hydrogen) atoms. The Labute approximate surface area is 111 Å². The van der Waals surface area contributed by atoms with Crippen molar-refractivity contribution in [1.29, 1.82) is 0 Å². The second-order valence-electron chi connectivity index (χ2n) is 6.63. The molecular weight excluding hydrogens is 224 g/mol. The third-order valence-corrected chi connectivity index (χ3v) is 4.37. The number of carbonyl (C=O) groups is 1. The number of amides is 1. The van der Waals surface area contributed by atoms with Crippen LogP contribution in [-0.4, -0.2) is 36.5 Å². The highest BCUT2D eigenvalue weighted by Crippen LogP contribution is 2.40. The summed E-state index contributed by atoms with van der Waals surface area (Å²) in [5.41, 5.74) is 3.42. The number of carbonyl (C=O) groups excluding carboxylic acids is 1. The van der Waals surface area contributed by atoms with Gasteiger partial charge in [-0.3, -0.25) is 9.69 Å². The Hall–Kier alpha value is -0.830. The number of hydrogen-bond acceptors (Lipinski definition) is 2. The van der Waals surface area contributed by atoms with Crippen molar-refractivity contribution in [2.24, 2.45) is 5.41 Å². The van der Waals surface area contributed by atoms with Crippen molar-refractivity contribution in [3.8, 4) is 0 Å². The Balaban J connectivity index is 2.10. The predicted octanol–water partition coefficient (Wildman–Crippen LogP) is 2.33. The first-order chi connectivity index (χ1) is 8.38. The molecule has 0 aromatic carbocycles. The van der Waals surface area contributed by atoms with Gasteiger partial charge in [-0.05, 0) is 38.5 Å². The maximum atomic E-state index is 11.6. The molecule has 2 rings (SSSR count). The molecule has 1 aliphatic heterocycles. The molecule has 0 aromatic heterocycles. The van der Waals surface area contributed by atoms with Crippen LogP contribution in [0.4, 0.5) is 0 Å². The van der Waals surface area contributed by atoms with E-state index >= 15 is 0 Å². The molecule has 3 heteroatoms. The SMILES string of the molecule is CC1=C(CN2CC(=O)N[C@@H](C)C2)C(C)(C)CCC1. The lowest BCUT2D eigenvalue weighted by Crippen LogP contribution is -2.53. The van der Waals surface area contributed by atoms with E-state index < -0.39 is 0 Å². The van der Waals surface area contributed by atoms with Crippen LogP contribution in [0.5, 0.6) is 0 Å². The summed E-state index contributed by atoms with van der Waals surface area (Å²) >= 11 is 0. The van der Waals surface area contributed by atoms with E-state index in [0.717, 1.165) is 13.1 Å². The molecule has 0 spiro atoms. The Morgan fingerprint density at radius 3 is 2.78 bits per heavy atom. The summed E-state index contributed by atoms with van der Waals surface area (Å²) in [7, 11) is 0. The summed E-state index contributed by atoms with van der Waals surface area (Å²) in [4.78, 5) is 13.9. The van der Waals surface area contributed by atoms with Crippen LogP contribution < -0.4 is 5.32 Å². The average Bonchev–Trinajstić information content (AvgIpc) is 2.22. The maximum Gasteiger partial charge on any atom is 0.234 e. The van der Waals surface area contributed by atoms with Gasteiger partial charge in [0.05, 0.1) is 6.54 Å². The molecule has 0 aromatic rings. The zero-order valence-corrected chi connectivity index (χ0v) is 12.2. The predicted molar refractivity (Wildman–Crippen MR) is 74.4 cm³/mol. The number of allylic oxidation sites excluding steroid dienone is 1. The van der Waals surface area contributed by atoms with Crippen molar-refractivity contribution in [3.63, 3.8) is 0 Å². The second-order valence-corrected chi connectivity index (χ2v) is 6.63. The van der Waals surface area contributed by atoms with Gasteiger partial charge >= 0.3 is 0 Å². The van der Waals surface area contributed by atoms with Gasteiger partial charge in [0.25, 0.3) is 0 Å². The summed E-state index contributed by atoms with van der Waals surface area (Å²) in [6.07, 6.45) is 3.81. The maximum absolute atomic E-state index is 11.6. The molecule has 1 saturated heterocycles. The standard InChI is InChI=1S/C15H26N2O/c1-11-6-5-7-15(3,4)13(11)9-17-8-12(2)16-14(18)10-17/h12H,5-10H2,1-4H3,(H,16,18)/t12-/m0/s1. The number of nitrogens with one attached hydrogen (secondary N) is 1. The first-order valence-corrected chi connectivity index (χ1v) is 7.09. The summed E-state index contributed by atoms with van der Waals surface area (Å²) in [5.74, 6) is 0.167. The molecule has 0 unspecified atom stereocenters. The van der Waals surface area contributed by atoms with Crippen LogP contribution in [0.25, 0.3) is 0 Å². The van der Waals surface area contributed by atoms with Gasteiger partial charge in [-0.2, -0.15) is 0 Å². The van der Waals surface area contributed by atoms with Crippen molar-refractivity contribution < 1.29 is 4.79 Å². The molecule has 0 radical (unpaired) electrons. The summed E-state index contributed by atoms with van der Waals surface area (Å²) in [5, 5.41) is 2.98. The first kappa shape index (κ1) is 13.6. The van der Waals surface area contributed by atoms with E-state index in [4.69, 9.17) is 0 Å². The molecular formula is C15H26N2O. The van der Waals surface area contributed by atoms with Gasteiger partial charge < -0.3 is 5.32 Å². The van der Waals surface area contributed by atoms with Gasteiger partial charge in [-0.15, -0.1) is 0 Å². The summed E-state index contributed by atoms with van der Waals surface area (Å²) in [6.45, 7) is 11.5. The van der Waals surface area contributed by atoms with Crippen LogP contribution in [0.3, 0.4) is 0 Å². The van der Waals surface area contributed by atoms with Crippen molar-refractivity contribution in [2.45, 2.75) is 53.0 Å². The molecule has 1 atom stereocenters. The Morgan fingerprint density at radius 1 is 1.44 bits per heavy atom. The largest absolute Gasteiger partial charge is 0.351 e. The van der Waals surface area contributed by atoms with Crippen molar-refractivity contribution in [3.05, 3.63) is 11.1 Å². The Morgan fingerprint density at radius 2 is 2.17 bits per heavy atom. The highest BCUT2D eigenvalue weighted by Gasteiger charge is 2.31. The zero-order valence-electron chi connectivity index (χ0n) is 12.2. The van der Waals surface area contributed by atoms with Crippen molar-refractivity contribution >= 4 is 5.91 Å².